The van der Waals surface area contributed by atoms with E-state index in [0.29, 0.717) is 0 Å². The summed E-state index contributed by atoms with van der Waals surface area (Å²) in [6.07, 6.45) is 10.5. The Bertz CT molecular complexity index is 390. The highest BCUT2D eigenvalue weighted by Gasteiger charge is 2.33. The van der Waals surface area contributed by atoms with Crippen LogP contribution < -0.4 is 11.3 Å². The number of nitrogens with zero attached hydrogens (tertiary/aromatic N) is 2. The van der Waals surface area contributed by atoms with Crippen molar-refractivity contribution >= 4 is 16.5 Å². The summed E-state index contributed by atoms with van der Waals surface area (Å²) in [7, 11) is 0. The van der Waals surface area contributed by atoms with Gasteiger partial charge >= 0.3 is 0 Å². The molecule has 0 spiro atoms. The van der Waals surface area contributed by atoms with Gasteiger partial charge in [-0.3, -0.25) is 10.3 Å². The Hall–Kier alpha value is -0.650. The number of fused-ring (bicyclic) bond motifs is 1. The first kappa shape index (κ1) is 12.4. The molecule has 3 rings (SSSR count). The van der Waals surface area contributed by atoms with E-state index in [1.54, 1.807) is 11.3 Å². The Morgan fingerprint density at radius 2 is 2.17 bits per heavy atom. The van der Waals surface area contributed by atoms with Crippen molar-refractivity contribution in [3.8, 4) is 0 Å². The number of nitrogens with two attached hydrogens (primary N) is 1. The lowest BCUT2D eigenvalue weighted by molar-refractivity contribution is 0.0554. The monoisotopic (exact) mass is 266 g/mol. The highest BCUT2D eigenvalue weighted by Crippen LogP contribution is 2.36. The second-order valence-corrected chi connectivity index (χ2v) is 6.62. The molecule has 0 aromatic carbocycles. The molecule has 0 bridgehead atoms. The van der Waals surface area contributed by atoms with Crippen molar-refractivity contribution in [1.29, 1.82) is 0 Å². The zero-order chi connectivity index (χ0) is 12.4. The van der Waals surface area contributed by atoms with Crippen molar-refractivity contribution in [3.63, 3.8) is 0 Å². The second kappa shape index (κ2) is 5.55. The van der Waals surface area contributed by atoms with Crippen LogP contribution in [0.4, 0.5) is 5.13 Å². The van der Waals surface area contributed by atoms with Crippen LogP contribution in [0.2, 0.25) is 0 Å². The van der Waals surface area contributed by atoms with Crippen LogP contribution in [0.25, 0.3) is 0 Å². The molecule has 2 aliphatic rings. The van der Waals surface area contributed by atoms with Gasteiger partial charge in [0.15, 0.2) is 5.13 Å². The number of hydrogen-bond donors (Lipinski definition) is 2. The number of nitrogens with one attached hydrogen (secondary N) is 1. The smallest absolute Gasteiger partial charge is 0.197 e. The summed E-state index contributed by atoms with van der Waals surface area (Å²) in [5, 5.41) is 0.821. The standard InChI is InChI=1S/C13H22N4S/c14-16-13-15-8-11(18-13)9-17-7-3-5-10-4-1-2-6-12(10)17/h8,10,12H,1-7,9,14H2,(H,15,16). The van der Waals surface area contributed by atoms with Gasteiger partial charge in [0.1, 0.15) is 0 Å². The molecule has 100 valence electrons. The minimum absolute atomic E-state index is 0.821. The van der Waals surface area contributed by atoms with E-state index in [1.165, 1.54) is 49.9 Å². The van der Waals surface area contributed by atoms with Crippen molar-refractivity contribution in [2.45, 2.75) is 51.1 Å². The molecule has 2 unspecified atom stereocenters. The largest absolute Gasteiger partial charge is 0.300 e. The Morgan fingerprint density at radius 1 is 1.33 bits per heavy atom. The van der Waals surface area contributed by atoms with Crippen LogP contribution in [0.3, 0.4) is 0 Å². The van der Waals surface area contributed by atoms with E-state index in [1.807, 2.05) is 6.20 Å². The van der Waals surface area contributed by atoms with Crippen molar-refractivity contribution in [2.24, 2.45) is 11.8 Å². The van der Waals surface area contributed by atoms with E-state index in [0.717, 1.165) is 23.6 Å². The predicted molar refractivity (Wildman–Crippen MR) is 75.3 cm³/mol. The predicted octanol–water partition coefficient (Wildman–Crippen LogP) is 2.58. The summed E-state index contributed by atoms with van der Waals surface area (Å²) >= 11 is 1.68. The number of nitrogen functional groups attached to an aromatic ring is 1. The van der Waals surface area contributed by atoms with Gasteiger partial charge < -0.3 is 0 Å². The molecule has 2 atom stereocenters. The van der Waals surface area contributed by atoms with Crippen molar-refractivity contribution in [1.82, 2.24) is 9.88 Å². The van der Waals surface area contributed by atoms with Crippen LogP contribution >= 0.6 is 11.3 Å². The second-order valence-electron chi connectivity index (χ2n) is 5.50. The molecule has 1 aromatic heterocycles. The highest BCUT2D eigenvalue weighted by atomic mass is 32.1. The maximum atomic E-state index is 5.39. The molecule has 0 radical (unpaired) electrons. The van der Waals surface area contributed by atoms with Crippen LogP contribution in [-0.2, 0) is 6.54 Å². The number of likely N-dealkylation sites (tertiary alicyclic amines) is 1. The van der Waals surface area contributed by atoms with Gasteiger partial charge in [0, 0.05) is 23.7 Å². The number of piperidine rings is 1. The Morgan fingerprint density at radius 3 is 3.00 bits per heavy atom. The third kappa shape index (κ3) is 2.53. The zero-order valence-corrected chi connectivity index (χ0v) is 11.6. The van der Waals surface area contributed by atoms with Gasteiger partial charge in [-0.05, 0) is 38.1 Å². The molecule has 1 saturated carbocycles. The highest BCUT2D eigenvalue weighted by molar-refractivity contribution is 7.15. The van der Waals surface area contributed by atoms with Gasteiger partial charge in [0.2, 0.25) is 0 Å². The Balaban J connectivity index is 1.66. The van der Waals surface area contributed by atoms with Gasteiger partial charge in [0.05, 0.1) is 0 Å². The van der Waals surface area contributed by atoms with Crippen LogP contribution in [0.5, 0.6) is 0 Å². The summed E-state index contributed by atoms with van der Waals surface area (Å²) < 4.78 is 0. The fourth-order valence-corrected chi connectivity index (χ4v) is 4.32. The fourth-order valence-electron chi connectivity index (χ4n) is 3.57. The van der Waals surface area contributed by atoms with Gasteiger partial charge in [-0.25, -0.2) is 10.8 Å². The molecule has 4 nitrogen and oxygen atoms in total. The number of aromatic nitrogens is 1. The van der Waals surface area contributed by atoms with Gasteiger partial charge in [0.25, 0.3) is 0 Å². The van der Waals surface area contributed by atoms with Crippen LogP contribution in [0, 0.1) is 5.92 Å². The average Bonchev–Trinajstić information content (AvgIpc) is 2.87. The lowest BCUT2D eigenvalue weighted by Gasteiger charge is -2.44. The van der Waals surface area contributed by atoms with Crippen LogP contribution in [0.1, 0.15) is 43.4 Å². The van der Waals surface area contributed by atoms with Crippen molar-refractivity contribution in [3.05, 3.63) is 11.1 Å². The van der Waals surface area contributed by atoms with Gasteiger partial charge in [-0.1, -0.05) is 24.2 Å². The van der Waals surface area contributed by atoms with E-state index in [2.05, 4.69) is 15.3 Å². The molecule has 1 saturated heterocycles. The third-order valence-corrected chi connectivity index (χ3v) is 5.31. The quantitative estimate of drug-likeness (QED) is 0.652. The molecule has 1 aromatic rings. The fraction of sp³-hybridized carbons (Fsp3) is 0.769. The number of hydrogen-bond acceptors (Lipinski definition) is 5. The van der Waals surface area contributed by atoms with Gasteiger partial charge in [-0.2, -0.15) is 0 Å². The summed E-state index contributed by atoms with van der Waals surface area (Å²) in [4.78, 5) is 8.27. The number of rotatable bonds is 3. The normalized spacial score (nSPS) is 28.9. The molecule has 18 heavy (non-hydrogen) atoms. The van der Waals surface area contributed by atoms with E-state index in [9.17, 15) is 0 Å². The Labute approximate surface area is 113 Å². The zero-order valence-electron chi connectivity index (χ0n) is 10.8. The molecule has 1 aliphatic heterocycles. The van der Waals surface area contributed by atoms with Crippen LogP contribution in [-0.4, -0.2) is 22.5 Å². The lowest BCUT2D eigenvalue weighted by Crippen LogP contribution is -2.46. The minimum Gasteiger partial charge on any atom is -0.300 e. The molecule has 2 fully saturated rings. The summed E-state index contributed by atoms with van der Waals surface area (Å²) in [5.41, 5.74) is 2.63. The van der Waals surface area contributed by atoms with Crippen molar-refractivity contribution < 1.29 is 0 Å². The number of hydrazine groups is 1. The molecule has 1 aliphatic carbocycles. The van der Waals surface area contributed by atoms with E-state index in [-0.39, 0.29) is 0 Å². The number of thiazole rings is 1. The minimum atomic E-state index is 0.821. The topological polar surface area (TPSA) is 54.2 Å². The first-order valence-electron chi connectivity index (χ1n) is 7.02. The van der Waals surface area contributed by atoms with Gasteiger partial charge in [-0.15, -0.1) is 0 Å². The lowest BCUT2D eigenvalue weighted by atomic mass is 9.78. The van der Waals surface area contributed by atoms with E-state index >= 15 is 0 Å². The molecule has 2 heterocycles. The third-order valence-electron chi connectivity index (χ3n) is 4.39. The Kier molecular flexibility index (Phi) is 3.82. The van der Waals surface area contributed by atoms with Crippen molar-refractivity contribution in [2.75, 3.05) is 12.0 Å². The molecule has 3 N–H and O–H groups in total. The maximum absolute atomic E-state index is 5.39. The SMILES string of the molecule is NNc1ncc(CN2CCCC3CCCCC32)s1. The molecular formula is C13H22N4S. The van der Waals surface area contributed by atoms with E-state index in [4.69, 9.17) is 5.84 Å². The van der Waals surface area contributed by atoms with E-state index < -0.39 is 0 Å². The summed E-state index contributed by atoms with van der Waals surface area (Å²) in [6, 6.07) is 0.823. The number of anilines is 1. The molecular weight excluding hydrogens is 244 g/mol. The summed E-state index contributed by atoms with van der Waals surface area (Å²) in [5.74, 6) is 6.34. The maximum Gasteiger partial charge on any atom is 0.197 e. The molecule has 5 heteroatoms. The first-order chi connectivity index (χ1) is 8.86. The average molecular weight is 266 g/mol. The molecule has 0 amide bonds. The first-order valence-corrected chi connectivity index (χ1v) is 7.84. The van der Waals surface area contributed by atoms with Crippen LogP contribution in [0.15, 0.2) is 6.20 Å². The summed E-state index contributed by atoms with van der Waals surface area (Å²) in [6.45, 7) is 2.31.